The van der Waals surface area contributed by atoms with Gasteiger partial charge in [-0.05, 0) is 42.8 Å². The predicted octanol–water partition coefficient (Wildman–Crippen LogP) is 4.21. The summed E-state index contributed by atoms with van der Waals surface area (Å²) >= 11 is 1.15. The molecule has 1 N–H and O–H groups in total. The van der Waals surface area contributed by atoms with Crippen molar-refractivity contribution in [2.24, 2.45) is 0 Å². The minimum atomic E-state index is -0.703. The zero-order chi connectivity index (χ0) is 20.5. The van der Waals surface area contributed by atoms with Crippen LogP contribution in [0, 0.1) is 18.6 Å². The lowest BCUT2D eigenvalue weighted by Gasteiger charge is -2.09. The molecule has 6 nitrogen and oxygen atoms in total. The van der Waals surface area contributed by atoms with E-state index in [1.54, 1.807) is 7.11 Å². The van der Waals surface area contributed by atoms with Crippen molar-refractivity contribution in [3.05, 3.63) is 59.7 Å². The van der Waals surface area contributed by atoms with Crippen LogP contribution < -0.4 is 10.1 Å². The Labute approximate surface area is 168 Å². The third kappa shape index (κ3) is 3.73. The molecular weight excluding hydrogens is 398 g/mol. The molecular formula is C20H16F2N4O2S. The van der Waals surface area contributed by atoms with Crippen molar-refractivity contribution in [1.82, 2.24) is 14.6 Å². The van der Waals surface area contributed by atoms with E-state index >= 15 is 0 Å². The van der Waals surface area contributed by atoms with E-state index in [9.17, 15) is 13.6 Å². The first-order valence-corrected chi connectivity index (χ1v) is 9.65. The van der Waals surface area contributed by atoms with Crippen molar-refractivity contribution in [3.63, 3.8) is 0 Å². The SMILES string of the molecule is COc1ccc2c(C)cc3nnc(SCC(=O)Nc4cc(F)ccc4F)n3c2c1. The van der Waals surface area contributed by atoms with Crippen LogP contribution in [0.25, 0.3) is 16.6 Å². The van der Waals surface area contributed by atoms with Gasteiger partial charge in [0.05, 0.1) is 24.1 Å². The van der Waals surface area contributed by atoms with E-state index in [2.05, 4.69) is 15.5 Å². The molecule has 0 saturated heterocycles. The van der Waals surface area contributed by atoms with Gasteiger partial charge in [-0.1, -0.05) is 11.8 Å². The van der Waals surface area contributed by atoms with Crippen LogP contribution in [0.1, 0.15) is 5.56 Å². The summed E-state index contributed by atoms with van der Waals surface area (Å²) in [5.41, 5.74) is 2.33. The first-order chi connectivity index (χ1) is 14.0. The molecule has 2 aromatic heterocycles. The van der Waals surface area contributed by atoms with Gasteiger partial charge < -0.3 is 10.1 Å². The highest BCUT2D eigenvalue weighted by atomic mass is 32.2. The molecule has 0 aliphatic rings. The van der Waals surface area contributed by atoms with E-state index in [1.807, 2.05) is 35.6 Å². The number of rotatable bonds is 5. The van der Waals surface area contributed by atoms with Gasteiger partial charge in [-0.3, -0.25) is 9.20 Å². The number of hydrogen-bond donors (Lipinski definition) is 1. The van der Waals surface area contributed by atoms with Gasteiger partial charge in [-0.2, -0.15) is 0 Å². The minimum Gasteiger partial charge on any atom is -0.497 e. The van der Waals surface area contributed by atoms with Crippen LogP contribution in [0.2, 0.25) is 0 Å². The first kappa shape index (κ1) is 19.1. The second kappa shape index (κ2) is 7.67. The van der Waals surface area contributed by atoms with Gasteiger partial charge in [0, 0.05) is 17.5 Å². The molecule has 4 rings (SSSR count). The largest absolute Gasteiger partial charge is 0.497 e. The van der Waals surface area contributed by atoms with Crippen LogP contribution in [0.4, 0.5) is 14.5 Å². The minimum absolute atomic E-state index is 0.0456. The highest BCUT2D eigenvalue weighted by molar-refractivity contribution is 7.99. The molecule has 0 radical (unpaired) electrons. The van der Waals surface area contributed by atoms with Crippen LogP contribution in [-0.4, -0.2) is 33.4 Å². The number of carbonyl (C=O) groups is 1. The Hall–Kier alpha value is -3.20. The summed E-state index contributed by atoms with van der Waals surface area (Å²) in [5.74, 6) is -1.17. The molecule has 4 aromatic rings. The van der Waals surface area contributed by atoms with Crippen molar-refractivity contribution in [1.29, 1.82) is 0 Å². The monoisotopic (exact) mass is 414 g/mol. The topological polar surface area (TPSA) is 68.5 Å². The fraction of sp³-hybridized carbons (Fsp3) is 0.150. The van der Waals surface area contributed by atoms with Crippen LogP contribution >= 0.6 is 11.8 Å². The second-order valence-electron chi connectivity index (χ2n) is 6.35. The van der Waals surface area contributed by atoms with E-state index in [0.29, 0.717) is 16.6 Å². The highest BCUT2D eigenvalue weighted by Gasteiger charge is 2.15. The van der Waals surface area contributed by atoms with E-state index < -0.39 is 17.5 Å². The number of anilines is 1. The van der Waals surface area contributed by atoms with Crippen molar-refractivity contribution < 1.29 is 18.3 Å². The molecule has 2 heterocycles. The number of aromatic nitrogens is 3. The van der Waals surface area contributed by atoms with E-state index in [1.165, 1.54) is 0 Å². The predicted molar refractivity (Wildman–Crippen MR) is 107 cm³/mol. The summed E-state index contributed by atoms with van der Waals surface area (Å²) in [6.07, 6.45) is 0. The summed E-state index contributed by atoms with van der Waals surface area (Å²) in [4.78, 5) is 12.2. The number of nitrogens with zero attached hydrogens (tertiary/aromatic N) is 3. The molecule has 0 saturated carbocycles. The van der Waals surface area contributed by atoms with Crippen molar-refractivity contribution in [2.45, 2.75) is 12.1 Å². The summed E-state index contributed by atoms with van der Waals surface area (Å²) < 4.78 is 34.1. The zero-order valence-electron chi connectivity index (χ0n) is 15.6. The Morgan fingerprint density at radius 2 is 2.00 bits per heavy atom. The van der Waals surface area contributed by atoms with Crippen LogP contribution in [-0.2, 0) is 4.79 Å². The first-order valence-electron chi connectivity index (χ1n) is 8.66. The third-order valence-electron chi connectivity index (χ3n) is 4.41. The van der Waals surface area contributed by atoms with E-state index in [4.69, 9.17) is 4.74 Å². The molecule has 0 atom stereocenters. The number of methoxy groups -OCH3 is 1. The fourth-order valence-electron chi connectivity index (χ4n) is 3.03. The Balaban J connectivity index is 1.62. The van der Waals surface area contributed by atoms with Gasteiger partial charge in [0.1, 0.15) is 17.4 Å². The number of carbonyl (C=O) groups excluding carboxylic acids is 1. The van der Waals surface area contributed by atoms with E-state index in [0.717, 1.165) is 46.4 Å². The van der Waals surface area contributed by atoms with Crippen molar-refractivity contribution in [2.75, 3.05) is 18.2 Å². The normalized spacial score (nSPS) is 11.2. The maximum absolute atomic E-state index is 13.7. The van der Waals surface area contributed by atoms with Gasteiger partial charge in [-0.15, -0.1) is 10.2 Å². The lowest BCUT2D eigenvalue weighted by molar-refractivity contribution is -0.113. The molecule has 0 fully saturated rings. The Kier molecular flexibility index (Phi) is 5.06. The number of hydrogen-bond acceptors (Lipinski definition) is 5. The second-order valence-corrected chi connectivity index (χ2v) is 7.29. The number of fused-ring (bicyclic) bond motifs is 3. The van der Waals surface area contributed by atoms with Crippen LogP contribution in [0.5, 0.6) is 5.75 Å². The van der Waals surface area contributed by atoms with Gasteiger partial charge in [0.2, 0.25) is 5.91 Å². The number of aryl methyl sites for hydroxylation is 1. The number of nitrogens with one attached hydrogen (secondary N) is 1. The Bertz CT molecular complexity index is 1240. The summed E-state index contributed by atoms with van der Waals surface area (Å²) in [7, 11) is 1.59. The average molecular weight is 414 g/mol. The number of ether oxygens (including phenoxy) is 1. The number of benzene rings is 2. The van der Waals surface area contributed by atoms with Gasteiger partial charge >= 0.3 is 0 Å². The average Bonchev–Trinajstić information content (AvgIpc) is 3.11. The summed E-state index contributed by atoms with van der Waals surface area (Å²) in [6, 6.07) is 10.5. The maximum Gasteiger partial charge on any atom is 0.234 e. The quantitative estimate of drug-likeness (QED) is 0.496. The number of pyridine rings is 1. The summed E-state index contributed by atoms with van der Waals surface area (Å²) in [6.45, 7) is 1.98. The van der Waals surface area contributed by atoms with Crippen molar-refractivity contribution in [3.8, 4) is 5.75 Å². The number of amides is 1. The summed E-state index contributed by atoms with van der Waals surface area (Å²) in [5, 5.41) is 12.2. The van der Waals surface area contributed by atoms with E-state index in [-0.39, 0.29) is 11.4 Å². The number of thioether (sulfide) groups is 1. The molecule has 0 aliphatic heterocycles. The van der Waals surface area contributed by atoms with Gasteiger partial charge in [0.25, 0.3) is 0 Å². The van der Waals surface area contributed by atoms with Gasteiger partial charge in [-0.25, -0.2) is 8.78 Å². The molecule has 0 unspecified atom stereocenters. The lowest BCUT2D eigenvalue weighted by Crippen LogP contribution is -2.15. The number of halogens is 2. The maximum atomic E-state index is 13.7. The third-order valence-corrected chi connectivity index (χ3v) is 5.34. The standard InChI is InChI=1S/C20H16F2N4O2S/c1-11-7-18-24-25-20(26(18)17-9-13(28-2)4-5-14(11)17)29-10-19(27)23-16-8-12(21)3-6-15(16)22/h3-9H,10H2,1-2H3,(H,23,27). The Morgan fingerprint density at radius 1 is 1.17 bits per heavy atom. The van der Waals surface area contributed by atoms with Crippen molar-refractivity contribution >= 4 is 39.9 Å². The highest BCUT2D eigenvalue weighted by Crippen LogP contribution is 2.28. The molecule has 0 bridgehead atoms. The molecule has 0 spiro atoms. The molecule has 2 aromatic carbocycles. The molecule has 9 heteroatoms. The molecule has 148 valence electrons. The molecule has 0 aliphatic carbocycles. The zero-order valence-corrected chi connectivity index (χ0v) is 16.4. The fourth-order valence-corrected chi connectivity index (χ4v) is 3.78. The Morgan fingerprint density at radius 3 is 2.79 bits per heavy atom. The molecule has 1 amide bonds. The van der Waals surface area contributed by atoms with Gasteiger partial charge in [0.15, 0.2) is 10.8 Å². The van der Waals surface area contributed by atoms with Crippen LogP contribution in [0.15, 0.2) is 47.6 Å². The smallest absolute Gasteiger partial charge is 0.234 e. The lowest BCUT2D eigenvalue weighted by atomic mass is 10.1. The molecule has 29 heavy (non-hydrogen) atoms. The van der Waals surface area contributed by atoms with Crippen LogP contribution in [0.3, 0.4) is 0 Å².